The lowest BCUT2D eigenvalue weighted by atomic mass is 10.1. The summed E-state index contributed by atoms with van der Waals surface area (Å²) >= 11 is 3.37. The lowest BCUT2D eigenvalue weighted by Gasteiger charge is -2.28. The van der Waals surface area contributed by atoms with Gasteiger partial charge in [-0.25, -0.2) is 4.39 Å². The van der Waals surface area contributed by atoms with Crippen LogP contribution in [-0.2, 0) is 22.6 Å². The van der Waals surface area contributed by atoms with Gasteiger partial charge in [0.2, 0.25) is 5.91 Å². The Balaban J connectivity index is 1.62. The van der Waals surface area contributed by atoms with Crippen LogP contribution in [0.4, 0.5) is 4.39 Å². The number of benzene rings is 3. The van der Waals surface area contributed by atoms with Gasteiger partial charge in [0.15, 0.2) is 5.43 Å². The van der Waals surface area contributed by atoms with Gasteiger partial charge in [0, 0.05) is 36.8 Å². The highest BCUT2D eigenvalue weighted by Gasteiger charge is 2.24. The third-order valence-electron chi connectivity index (χ3n) is 6.23. The Labute approximate surface area is 233 Å². The summed E-state index contributed by atoms with van der Waals surface area (Å²) in [5.74, 6) is -1.05. The van der Waals surface area contributed by atoms with Crippen LogP contribution in [0.15, 0.2) is 92.7 Å². The molecule has 0 radical (unpaired) electrons. The fourth-order valence-corrected chi connectivity index (χ4v) is 4.43. The maximum atomic E-state index is 13.7. The van der Waals surface area contributed by atoms with Crippen molar-refractivity contribution in [3.05, 3.63) is 116 Å². The molecule has 2 amide bonds. The van der Waals surface area contributed by atoms with Crippen LogP contribution in [0.1, 0.15) is 27.9 Å². The first-order chi connectivity index (χ1) is 18.9. The van der Waals surface area contributed by atoms with Crippen molar-refractivity contribution < 1.29 is 23.1 Å². The molecule has 7 nitrogen and oxygen atoms in total. The van der Waals surface area contributed by atoms with E-state index in [2.05, 4.69) is 15.9 Å². The molecule has 0 aliphatic heterocycles. The minimum Gasteiger partial charge on any atom is -0.464 e. The number of fused-ring (bicyclic) bond motifs is 1. The van der Waals surface area contributed by atoms with E-state index in [-0.39, 0.29) is 36.9 Å². The summed E-state index contributed by atoms with van der Waals surface area (Å²) in [4.78, 5) is 43.2. The van der Waals surface area contributed by atoms with Gasteiger partial charge in [-0.2, -0.15) is 0 Å². The summed E-state index contributed by atoms with van der Waals surface area (Å²) in [6.45, 7) is 0.594. The Kier molecular flexibility index (Phi) is 9.62. The number of nitrogens with zero attached hydrogens (tertiary/aromatic N) is 2. The first-order valence-corrected chi connectivity index (χ1v) is 13.2. The van der Waals surface area contributed by atoms with E-state index in [9.17, 15) is 18.8 Å². The Bertz CT molecular complexity index is 1490. The van der Waals surface area contributed by atoms with Gasteiger partial charge in [-0.05, 0) is 60.5 Å². The van der Waals surface area contributed by atoms with Crippen LogP contribution in [0.25, 0.3) is 11.0 Å². The maximum absolute atomic E-state index is 13.7. The number of rotatable bonds is 11. The molecule has 3 aromatic carbocycles. The highest BCUT2D eigenvalue weighted by atomic mass is 79.9. The van der Waals surface area contributed by atoms with Crippen LogP contribution < -0.4 is 5.43 Å². The van der Waals surface area contributed by atoms with Crippen LogP contribution in [-0.4, -0.2) is 48.4 Å². The normalized spacial score (nSPS) is 10.9. The molecule has 0 spiro atoms. The molecule has 0 aliphatic rings. The van der Waals surface area contributed by atoms with Crippen LogP contribution in [0.5, 0.6) is 0 Å². The molecule has 0 fully saturated rings. The molecule has 1 aromatic heterocycles. The molecular weight excluding hydrogens is 567 g/mol. The molecule has 1 heterocycles. The monoisotopic (exact) mass is 594 g/mol. The molecule has 0 atom stereocenters. The van der Waals surface area contributed by atoms with Crippen molar-refractivity contribution in [1.82, 2.24) is 9.80 Å². The molecule has 202 valence electrons. The van der Waals surface area contributed by atoms with Crippen LogP contribution in [0.2, 0.25) is 0 Å². The molecule has 4 rings (SSSR count). The van der Waals surface area contributed by atoms with Crippen molar-refractivity contribution in [3.63, 3.8) is 0 Å². The average molecular weight is 595 g/mol. The van der Waals surface area contributed by atoms with Crippen molar-refractivity contribution in [3.8, 4) is 0 Å². The largest absolute Gasteiger partial charge is 0.464 e. The quantitative estimate of drug-likeness (QED) is 0.217. The predicted molar refractivity (Wildman–Crippen MR) is 150 cm³/mol. The van der Waals surface area contributed by atoms with E-state index in [0.717, 1.165) is 4.47 Å². The Morgan fingerprint density at radius 3 is 2.38 bits per heavy atom. The first kappa shape index (κ1) is 28.2. The lowest BCUT2D eigenvalue weighted by molar-refractivity contribution is -0.133. The minimum absolute atomic E-state index is 0.0399. The zero-order chi connectivity index (χ0) is 27.8. The number of hydrogen-bond acceptors (Lipinski definition) is 5. The van der Waals surface area contributed by atoms with E-state index >= 15 is 0 Å². The molecule has 0 saturated carbocycles. The molecule has 0 aliphatic carbocycles. The number of ether oxygens (including phenoxy) is 1. The number of carbonyl (C=O) groups excluding carboxylic acids is 2. The van der Waals surface area contributed by atoms with Crippen LogP contribution in [0, 0.1) is 5.82 Å². The van der Waals surface area contributed by atoms with Gasteiger partial charge < -0.3 is 19.0 Å². The van der Waals surface area contributed by atoms with Gasteiger partial charge in [-0.15, -0.1) is 0 Å². The lowest BCUT2D eigenvalue weighted by Crippen LogP contribution is -2.43. The molecule has 39 heavy (non-hydrogen) atoms. The smallest absolute Gasteiger partial charge is 0.254 e. The number of carbonyl (C=O) groups is 2. The van der Waals surface area contributed by atoms with E-state index in [0.29, 0.717) is 47.2 Å². The number of halogens is 2. The van der Waals surface area contributed by atoms with Gasteiger partial charge in [-0.3, -0.25) is 14.4 Å². The molecule has 4 aromatic rings. The Morgan fingerprint density at radius 1 is 0.949 bits per heavy atom. The number of hydrogen-bond donors (Lipinski definition) is 0. The van der Waals surface area contributed by atoms with Crippen LogP contribution >= 0.6 is 15.9 Å². The van der Waals surface area contributed by atoms with E-state index in [1.165, 1.54) is 28.2 Å². The van der Waals surface area contributed by atoms with Crippen molar-refractivity contribution in [1.29, 1.82) is 0 Å². The average Bonchev–Trinajstić information content (AvgIpc) is 2.95. The molecule has 0 N–H and O–H groups in total. The van der Waals surface area contributed by atoms with Gasteiger partial charge >= 0.3 is 0 Å². The third-order valence-corrected chi connectivity index (χ3v) is 6.76. The summed E-state index contributed by atoms with van der Waals surface area (Å²) in [6.07, 6.45) is 1.90. The fourth-order valence-electron chi connectivity index (χ4n) is 4.17. The molecule has 0 bridgehead atoms. The van der Waals surface area contributed by atoms with Gasteiger partial charge in [0.1, 0.15) is 17.9 Å². The fraction of sp³-hybridized carbons (Fsp3) is 0.233. The predicted octanol–water partition coefficient (Wildman–Crippen LogP) is 5.40. The molecule has 0 unspecified atom stereocenters. The standard InChI is InChI=1S/C30H28BrFN2O5/c1-38-16-4-15-33(30(37)22-9-11-24(31)12-10-22)19-28(35)34(17-21-7-13-25(32)14-8-21)18-23-20-39-27-6-3-2-5-26(27)29(23)36/h2-3,5-14,20H,4,15-19H2,1H3. The summed E-state index contributed by atoms with van der Waals surface area (Å²) in [7, 11) is 1.57. The minimum atomic E-state index is -0.392. The van der Waals surface area contributed by atoms with Gasteiger partial charge in [-0.1, -0.05) is 40.2 Å². The molecule has 9 heteroatoms. The second-order valence-corrected chi connectivity index (χ2v) is 9.96. The zero-order valence-corrected chi connectivity index (χ0v) is 23.0. The van der Waals surface area contributed by atoms with E-state index in [4.69, 9.17) is 9.15 Å². The van der Waals surface area contributed by atoms with E-state index < -0.39 is 5.82 Å². The summed E-state index contributed by atoms with van der Waals surface area (Å²) in [5.41, 5.74) is 1.64. The Hall–Kier alpha value is -3.82. The second kappa shape index (κ2) is 13.3. The van der Waals surface area contributed by atoms with Crippen molar-refractivity contribution in [2.24, 2.45) is 0 Å². The Morgan fingerprint density at radius 2 is 1.67 bits per heavy atom. The summed E-state index contributed by atoms with van der Waals surface area (Å²) in [5, 5.41) is 0.413. The summed E-state index contributed by atoms with van der Waals surface area (Å²) < 4.78 is 25.2. The van der Waals surface area contributed by atoms with E-state index in [1.54, 1.807) is 67.8 Å². The van der Waals surface area contributed by atoms with Crippen molar-refractivity contribution >= 4 is 38.7 Å². The molecular formula is C30H28BrFN2O5. The van der Waals surface area contributed by atoms with Gasteiger partial charge in [0.05, 0.1) is 23.8 Å². The zero-order valence-electron chi connectivity index (χ0n) is 21.4. The highest BCUT2D eigenvalue weighted by Crippen LogP contribution is 2.16. The van der Waals surface area contributed by atoms with E-state index in [1.807, 2.05) is 0 Å². The number of methoxy groups -OCH3 is 1. The third kappa shape index (κ3) is 7.40. The van der Waals surface area contributed by atoms with Crippen LogP contribution in [0.3, 0.4) is 0 Å². The molecule has 0 saturated heterocycles. The summed E-state index contributed by atoms with van der Waals surface area (Å²) in [6, 6.07) is 19.6. The van der Waals surface area contributed by atoms with Crippen molar-refractivity contribution in [2.75, 3.05) is 26.8 Å². The van der Waals surface area contributed by atoms with Gasteiger partial charge in [0.25, 0.3) is 5.91 Å². The first-order valence-electron chi connectivity index (χ1n) is 12.4. The van der Waals surface area contributed by atoms with Crippen molar-refractivity contribution in [2.45, 2.75) is 19.5 Å². The number of para-hydroxylation sites is 1. The SMILES string of the molecule is COCCCN(CC(=O)N(Cc1ccc(F)cc1)Cc1coc2ccccc2c1=O)C(=O)c1ccc(Br)cc1. The highest BCUT2D eigenvalue weighted by molar-refractivity contribution is 9.10. The number of amides is 2. The second-order valence-electron chi connectivity index (χ2n) is 9.04. The topological polar surface area (TPSA) is 80.1 Å². The maximum Gasteiger partial charge on any atom is 0.254 e.